The summed E-state index contributed by atoms with van der Waals surface area (Å²) in [6.07, 6.45) is 0. The Morgan fingerprint density at radius 1 is 1.32 bits per heavy atom. The second-order valence-corrected chi connectivity index (χ2v) is 8.46. The van der Waals surface area contributed by atoms with Crippen molar-refractivity contribution in [1.82, 2.24) is 5.32 Å². The number of nitrogens with two attached hydrogens (primary N) is 1. The predicted molar refractivity (Wildman–Crippen MR) is 86.1 cm³/mol. The number of amides is 1. The van der Waals surface area contributed by atoms with E-state index in [-0.39, 0.29) is 10.7 Å². The van der Waals surface area contributed by atoms with Gasteiger partial charge in [0.25, 0.3) is 0 Å². The van der Waals surface area contributed by atoms with Crippen LogP contribution in [0.5, 0.6) is 0 Å². The van der Waals surface area contributed by atoms with Gasteiger partial charge in [-0.05, 0) is 5.56 Å². The van der Waals surface area contributed by atoms with Crippen molar-refractivity contribution in [3.63, 3.8) is 0 Å². The Bertz CT molecular complexity index is 390. The number of carbonyl (C=O) groups excluding carboxylic acids is 1. The fourth-order valence-electron chi connectivity index (χ4n) is 1.28. The van der Waals surface area contributed by atoms with Crippen molar-refractivity contribution < 1.29 is 4.79 Å². The van der Waals surface area contributed by atoms with Crippen LogP contribution < -0.4 is 11.1 Å². The molecule has 1 unspecified atom stereocenters. The smallest absolute Gasteiger partial charge is 0.238 e. The SMILES string of the molecule is CC(C)(C)SSCC(N)C(=O)NCc1ccccc1. The molecule has 1 aromatic carbocycles. The van der Waals surface area contributed by atoms with Gasteiger partial charge in [0.2, 0.25) is 5.91 Å². The zero-order chi connectivity index (χ0) is 14.3. The summed E-state index contributed by atoms with van der Waals surface area (Å²) in [6.45, 7) is 6.97. The maximum absolute atomic E-state index is 11.8. The maximum Gasteiger partial charge on any atom is 0.238 e. The molecule has 3 N–H and O–H groups in total. The normalized spacial score (nSPS) is 13.1. The molecule has 1 atom stereocenters. The van der Waals surface area contributed by atoms with E-state index in [1.807, 2.05) is 30.3 Å². The molecule has 0 bridgehead atoms. The molecule has 0 aliphatic rings. The number of hydrogen-bond acceptors (Lipinski definition) is 4. The Balaban J connectivity index is 2.25. The molecule has 0 saturated carbocycles. The van der Waals surface area contributed by atoms with Crippen LogP contribution in [0.25, 0.3) is 0 Å². The summed E-state index contributed by atoms with van der Waals surface area (Å²) in [4.78, 5) is 11.8. The van der Waals surface area contributed by atoms with Crippen molar-refractivity contribution in [2.45, 2.75) is 38.1 Å². The van der Waals surface area contributed by atoms with E-state index >= 15 is 0 Å². The zero-order valence-corrected chi connectivity index (χ0v) is 13.3. The van der Waals surface area contributed by atoms with E-state index in [4.69, 9.17) is 5.73 Å². The van der Waals surface area contributed by atoms with Crippen molar-refractivity contribution in [3.05, 3.63) is 35.9 Å². The van der Waals surface area contributed by atoms with Crippen LogP contribution in [0.3, 0.4) is 0 Å². The molecule has 1 aromatic rings. The topological polar surface area (TPSA) is 55.1 Å². The highest BCUT2D eigenvalue weighted by atomic mass is 33.1. The van der Waals surface area contributed by atoms with Crippen LogP contribution in [0.1, 0.15) is 26.3 Å². The van der Waals surface area contributed by atoms with E-state index in [1.54, 1.807) is 21.6 Å². The summed E-state index contributed by atoms with van der Waals surface area (Å²) in [5, 5.41) is 2.86. The lowest BCUT2D eigenvalue weighted by atomic mass is 10.2. The number of carbonyl (C=O) groups is 1. The summed E-state index contributed by atoms with van der Waals surface area (Å²) >= 11 is 0. The molecule has 19 heavy (non-hydrogen) atoms. The predicted octanol–water partition coefficient (Wildman–Crippen LogP) is 2.81. The van der Waals surface area contributed by atoms with Gasteiger partial charge in [0, 0.05) is 17.0 Å². The van der Waals surface area contributed by atoms with Gasteiger partial charge in [-0.3, -0.25) is 4.79 Å². The Kier molecular flexibility index (Phi) is 6.75. The highest BCUT2D eigenvalue weighted by Crippen LogP contribution is 2.34. The lowest BCUT2D eigenvalue weighted by Gasteiger charge is -2.18. The zero-order valence-electron chi connectivity index (χ0n) is 11.7. The van der Waals surface area contributed by atoms with Gasteiger partial charge >= 0.3 is 0 Å². The molecule has 0 aliphatic carbocycles. The summed E-state index contributed by atoms with van der Waals surface area (Å²) in [5.41, 5.74) is 6.95. The van der Waals surface area contributed by atoms with Crippen LogP contribution >= 0.6 is 21.6 Å². The van der Waals surface area contributed by atoms with Crippen LogP contribution in [0, 0.1) is 0 Å². The minimum atomic E-state index is -0.455. The van der Waals surface area contributed by atoms with E-state index in [9.17, 15) is 4.79 Å². The molecule has 0 aliphatic heterocycles. The maximum atomic E-state index is 11.8. The van der Waals surface area contributed by atoms with Crippen molar-refractivity contribution in [1.29, 1.82) is 0 Å². The lowest BCUT2D eigenvalue weighted by Crippen LogP contribution is -2.41. The van der Waals surface area contributed by atoms with Crippen LogP contribution in [-0.2, 0) is 11.3 Å². The third-order valence-corrected chi connectivity index (χ3v) is 5.58. The van der Waals surface area contributed by atoms with Crippen LogP contribution in [-0.4, -0.2) is 22.4 Å². The number of nitrogens with one attached hydrogen (secondary N) is 1. The average Bonchev–Trinajstić information content (AvgIpc) is 2.35. The van der Waals surface area contributed by atoms with Crippen LogP contribution in [0.4, 0.5) is 0 Å². The molecular weight excluding hydrogens is 276 g/mol. The largest absolute Gasteiger partial charge is 0.351 e. The first kappa shape index (κ1) is 16.4. The third-order valence-electron chi connectivity index (χ3n) is 2.20. The number of benzene rings is 1. The first-order valence-electron chi connectivity index (χ1n) is 6.26. The van der Waals surface area contributed by atoms with E-state index in [2.05, 4.69) is 26.1 Å². The second-order valence-electron chi connectivity index (χ2n) is 5.29. The molecule has 0 radical (unpaired) electrons. The fraction of sp³-hybridized carbons (Fsp3) is 0.500. The lowest BCUT2D eigenvalue weighted by molar-refractivity contribution is -0.122. The fourth-order valence-corrected chi connectivity index (χ4v) is 3.70. The first-order chi connectivity index (χ1) is 8.88. The summed E-state index contributed by atoms with van der Waals surface area (Å²) in [5.74, 6) is 0.536. The number of rotatable bonds is 6. The van der Waals surface area contributed by atoms with Crippen molar-refractivity contribution in [3.8, 4) is 0 Å². The molecule has 0 fully saturated rings. The molecule has 1 rings (SSSR count). The van der Waals surface area contributed by atoms with E-state index in [0.717, 1.165) is 5.56 Å². The van der Waals surface area contributed by atoms with E-state index < -0.39 is 6.04 Å². The molecule has 0 spiro atoms. The average molecular weight is 298 g/mol. The second kappa shape index (κ2) is 7.82. The van der Waals surface area contributed by atoms with Gasteiger partial charge in [0.05, 0.1) is 6.04 Å². The highest BCUT2D eigenvalue weighted by molar-refractivity contribution is 8.77. The van der Waals surface area contributed by atoms with Crippen LogP contribution in [0.2, 0.25) is 0 Å². The minimum absolute atomic E-state index is 0.0918. The minimum Gasteiger partial charge on any atom is -0.351 e. The third kappa shape index (κ3) is 7.50. The Labute approximate surface area is 123 Å². The summed E-state index contributed by atoms with van der Waals surface area (Å²) in [7, 11) is 3.40. The van der Waals surface area contributed by atoms with E-state index in [0.29, 0.717) is 12.3 Å². The Morgan fingerprint density at radius 2 is 1.95 bits per heavy atom. The van der Waals surface area contributed by atoms with Crippen LogP contribution in [0.15, 0.2) is 30.3 Å². The van der Waals surface area contributed by atoms with Gasteiger partial charge < -0.3 is 11.1 Å². The van der Waals surface area contributed by atoms with E-state index in [1.165, 1.54) is 0 Å². The monoisotopic (exact) mass is 298 g/mol. The van der Waals surface area contributed by atoms with Gasteiger partial charge in [0.1, 0.15) is 0 Å². The molecule has 106 valence electrons. The Hall–Kier alpha value is -0.650. The molecule has 0 saturated heterocycles. The summed E-state index contributed by atoms with van der Waals surface area (Å²) < 4.78 is 0.185. The molecule has 0 heterocycles. The molecular formula is C14H22N2OS2. The van der Waals surface area contributed by atoms with Gasteiger partial charge in [-0.25, -0.2) is 0 Å². The van der Waals surface area contributed by atoms with Gasteiger partial charge in [-0.1, -0.05) is 72.7 Å². The first-order valence-corrected chi connectivity index (χ1v) is 8.58. The molecule has 0 aromatic heterocycles. The number of hydrogen-bond donors (Lipinski definition) is 2. The molecule has 5 heteroatoms. The van der Waals surface area contributed by atoms with Crippen molar-refractivity contribution >= 4 is 27.5 Å². The van der Waals surface area contributed by atoms with Crippen molar-refractivity contribution in [2.75, 3.05) is 5.75 Å². The Morgan fingerprint density at radius 3 is 2.53 bits per heavy atom. The van der Waals surface area contributed by atoms with Gasteiger partial charge in [0.15, 0.2) is 0 Å². The van der Waals surface area contributed by atoms with Crippen molar-refractivity contribution in [2.24, 2.45) is 5.73 Å². The molecule has 1 amide bonds. The molecule has 3 nitrogen and oxygen atoms in total. The summed E-state index contributed by atoms with van der Waals surface area (Å²) in [6, 6.07) is 9.38. The standard InChI is InChI=1S/C14H22N2OS2/c1-14(2,3)19-18-10-12(15)13(17)16-9-11-7-5-4-6-8-11/h4-8,12H,9-10,15H2,1-3H3,(H,16,17). The highest BCUT2D eigenvalue weighted by Gasteiger charge is 2.16. The van der Waals surface area contributed by atoms with Gasteiger partial charge in [-0.15, -0.1) is 0 Å². The van der Waals surface area contributed by atoms with Gasteiger partial charge in [-0.2, -0.15) is 0 Å². The quantitative estimate of drug-likeness (QED) is 0.793.